The molecule has 2 amide bonds. The number of primary amides is 1. The van der Waals surface area contributed by atoms with Crippen LogP contribution in [0.25, 0.3) is 0 Å². The minimum absolute atomic E-state index is 0.0671. The van der Waals surface area contributed by atoms with Gasteiger partial charge in [0, 0.05) is 23.1 Å². The van der Waals surface area contributed by atoms with Gasteiger partial charge in [-0.1, -0.05) is 32.0 Å². The van der Waals surface area contributed by atoms with Crippen molar-refractivity contribution >= 4 is 23.2 Å². The monoisotopic (exact) mass is 348 g/mol. The number of amides is 2. The van der Waals surface area contributed by atoms with E-state index in [-0.39, 0.29) is 11.5 Å². The standard InChI is InChI=1S/C20H20N4O2/c1-13(2)17-5-3-4-6-18(17)24-20(26)15(11-21)12-23-16-9-7-14(8-10-16)19(22)25/h3-10,12-13,23H,1-2H3,(H2,22,25)(H,24,26)/b15-12-. The average Bonchev–Trinajstić information content (AvgIpc) is 2.63. The summed E-state index contributed by atoms with van der Waals surface area (Å²) in [5.41, 5.74) is 7.79. The van der Waals surface area contributed by atoms with Crippen molar-refractivity contribution < 1.29 is 9.59 Å². The predicted octanol–water partition coefficient (Wildman–Crippen LogP) is 3.37. The third kappa shape index (κ3) is 4.71. The van der Waals surface area contributed by atoms with E-state index in [1.165, 1.54) is 6.20 Å². The van der Waals surface area contributed by atoms with Gasteiger partial charge in [0.2, 0.25) is 5.91 Å². The van der Waals surface area contributed by atoms with E-state index in [0.29, 0.717) is 16.9 Å². The summed E-state index contributed by atoms with van der Waals surface area (Å²) in [6, 6.07) is 15.8. The van der Waals surface area contributed by atoms with E-state index in [2.05, 4.69) is 10.6 Å². The molecule has 0 aliphatic rings. The molecule has 0 radical (unpaired) electrons. The van der Waals surface area contributed by atoms with Crippen molar-refractivity contribution in [2.45, 2.75) is 19.8 Å². The van der Waals surface area contributed by atoms with Crippen molar-refractivity contribution in [3.05, 3.63) is 71.4 Å². The Bertz CT molecular complexity index is 877. The van der Waals surface area contributed by atoms with Crippen LogP contribution in [-0.4, -0.2) is 11.8 Å². The lowest BCUT2D eigenvalue weighted by Gasteiger charge is -2.13. The van der Waals surface area contributed by atoms with Gasteiger partial charge in [-0.15, -0.1) is 0 Å². The first-order chi connectivity index (χ1) is 12.4. The number of nitrogens with one attached hydrogen (secondary N) is 2. The van der Waals surface area contributed by atoms with Crippen LogP contribution in [0.15, 0.2) is 60.3 Å². The molecule has 6 nitrogen and oxygen atoms in total. The zero-order chi connectivity index (χ0) is 19.1. The maximum Gasteiger partial charge on any atom is 0.267 e. The van der Waals surface area contributed by atoms with E-state index in [1.54, 1.807) is 30.3 Å². The number of benzene rings is 2. The van der Waals surface area contributed by atoms with Crippen molar-refractivity contribution in [3.63, 3.8) is 0 Å². The highest BCUT2D eigenvalue weighted by Gasteiger charge is 2.13. The number of hydrogen-bond donors (Lipinski definition) is 3. The van der Waals surface area contributed by atoms with Gasteiger partial charge in [-0.3, -0.25) is 9.59 Å². The first-order valence-corrected chi connectivity index (χ1v) is 8.09. The molecule has 0 aliphatic carbocycles. The predicted molar refractivity (Wildman–Crippen MR) is 101 cm³/mol. The highest BCUT2D eigenvalue weighted by Crippen LogP contribution is 2.24. The van der Waals surface area contributed by atoms with Crippen molar-refractivity contribution in [1.29, 1.82) is 5.26 Å². The van der Waals surface area contributed by atoms with Gasteiger partial charge >= 0.3 is 0 Å². The van der Waals surface area contributed by atoms with Crippen LogP contribution in [0.4, 0.5) is 11.4 Å². The van der Waals surface area contributed by atoms with E-state index >= 15 is 0 Å². The quantitative estimate of drug-likeness (QED) is 0.549. The number of rotatable bonds is 6. The third-order valence-electron chi connectivity index (χ3n) is 3.75. The molecule has 26 heavy (non-hydrogen) atoms. The molecular formula is C20H20N4O2. The van der Waals surface area contributed by atoms with Gasteiger partial charge in [-0.25, -0.2) is 0 Å². The number of nitrogens with zero attached hydrogens (tertiary/aromatic N) is 1. The van der Waals surface area contributed by atoms with Crippen LogP contribution in [0.2, 0.25) is 0 Å². The molecule has 0 saturated heterocycles. The fourth-order valence-corrected chi connectivity index (χ4v) is 2.34. The van der Waals surface area contributed by atoms with Crippen LogP contribution < -0.4 is 16.4 Å². The molecule has 2 rings (SSSR count). The second-order valence-electron chi connectivity index (χ2n) is 5.95. The molecule has 0 aliphatic heterocycles. The Balaban J connectivity index is 2.12. The van der Waals surface area contributed by atoms with E-state index in [9.17, 15) is 14.9 Å². The largest absolute Gasteiger partial charge is 0.366 e. The van der Waals surface area contributed by atoms with E-state index in [1.807, 2.05) is 38.1 Å². The molecule has 0 unspecified atom stereocenters. The molecule has 2 aromatic rings. The average molecular weight is 348 g/mol. The minimum Gasteiger partial charge on any atom is -0.366 e. The summed E-state index contributed by atoms with van der Waals surface area (Å²) in [6.07, 6.45) is 1.33. The van der Waals surface area contributed by atoms with Crippen LogP contribution in [0.5, 0.6) is 0 Å². The normalized spacial score (nSPS) is 10.9. The van der Waals surface area contributed by atoms with Crippen molar-refractivity contribution in [2.24, 2.45) is 5.73 Å². The minimum atomic E-state index is -0.520. The van der Waals surface area contributed by atoms with Crippen molar-refractivity contribution in [2.75, 3.05) is 10.6 Å². The van der Waals surface area contributed by atoms with Gasteiger partial charge < -0.3 is 16.4 Å². The summed E-state index contributed by atoms with van der Waals surface area (Å²) in [5.74, 6) is -0.780. The maximum absolute atomic E-state index is 12.4. The molecular weight excluding hydrogens is 328 g/mol. The fourth-order valence-electron chi connectivity index (χ4n) is 2.34. The van der Waals surface area contributed by atoms with Crippen LogP contribution in [0.3, 0.4) is 0 Å². The Hall–Kier alpha value is -3.59. The number of hydrogen-bond acceptors (Lipinski definition) is 4. The lowest BCUT2D eigenvalue weighted by atomic mass is 10.0. The smallest absolute Gasteiger partial charge is 0.267 e. The van der Waals surface area contributed by atoms with Crippen LogP contribution in [0.1, 0.15) is 35.7 Å². The van der Waals surface area contributed by atoms with Crippen molar-refractivity contribution in [3.8, 4) is 6.07 Å². The van der Waals surface area contributed by atoms with E-state index < -0.39 is 11.8 Å². The Labute approximate surface area is 152 Å². The molecule has 0 spiro atoms. The Morgan fingerprint density at radius 3 is 2.35 bits per heavy atom. The van der Waals surface area contributed by atoms with Gasteiger partial charge in [0.25, 0.3) is 5.91 Å². The number of nitrogens with two attached hydrogens (primary N) is 1. The summed E-state index contributed by atoms with van der Waals surface area (Å²) in [4.78, 5) is 23.4. The Morgan fingerprint density at radius 1 is 1.12 bits per heavy atom. The van der Waals surface area contributed by atoms with Crippen molar-refractivity contribution in [1.82, 2.24) is 0 Å². The molecule has 2 aromatic carbocycles. The summed E-state index contributed by atoms with van der Waals surface area (Å²) < 4.78 is 0. The second-order valence-corrected chi connectivity index (χ2v) is 5.95. The summed E-state index contributed by atoms with van der Waals surface area (Å²) in [6.45, 7) is 4.06. The first kappa shape index (κ1) is 18.7. The lowest BCUT2D eigenvalue weighted by molar-refractivity contribution is -0.112. The number of para-hydroxylation sites is 1. The molecule has 0 saturated carbocycles. The molecule has 4 N–H and O–H groups in total. The van der Waals surface area contributed by atoms with E-state index in [4.69, 9.17) is 5.73 Å². The molecule has 0 bridgehead atoms. The molecule has 0 fully saturated rings. The zero-order valence-electron chi connectivity index (χ0n) is 14.6. The zero-order valence-corrected chi connectivity index (χ0v) is 14.6. The number of nitriles is 1. The fraction of sp³-hybridized carbons (Fsp3) is 0.150. The number of carbonyl (C=O) groups is 2. The van der Waals surface area contributed by atoms with Gasteiger partial charge in [-0.2, -0.15) is 5.26 Å². The lowest BCUT2D eigenvalue weighted by Crippen LogP contribution is -2.16. The second kappa shape index (κ2) is 8.49. The summed E-state index contributed by atoms with van der Waals surface area (Å²) in [7, 11) is 0. The molecule has 0 heterocycles. The highest BCUT2D eigenvalue weighted by atomic mass is 16.2. The molecule has 132 valence electrons. The van der Waals surface area contributed by atoms with Gasteiger partial charge in [0.05, 0.1) is 0 Å². The van der Waals surface area contributed by atoms with Crippen LogP contribution in [0, 0.1) is 11.3 Å². The van der Waals surface area contributed by atoms with Gasteiger partial charge in [-0.05, 0) is 41.8 Å². The molecule has 6 heteroatoms. The number of anilines is 2. The SMILES string of the molecule is CC(C)c1ccccc1NC(=O)/C(C#N)=C\Nc1ccc(C(N)=O)cc1. The van der Waals surface area contributed by atoms with Gasteiger partial charge in [0.15, 0.2) is 0 Å². The van der Waals surface area contributed by atoms with Crippen LogP contribution >= 0.6 is 0 Å². The molecule has 0 atom stereocenters. The Morgan fingerprint density at radius 2 is 1.77 bits per heavy atom. The number of carbonyl (C=O) groups excluding carboxylic acids is 2. The summed E-state index contributed by atoms with van der Waals surface area (Å²) >= 11 is 0. The topological polar surface area (TPSA) is 108 Å². The first-order valence-electron chi connectivity index (χ1n) is 8.09. The highest BCUT2D eigenvalue weighted by molar-refractivity contribution is 6.07. The Kier molecular flexibility index (Phi) is 6.12. The van der Waals surface area contributed by atoms with Gasteiger partial charge in [0.1, 0.15) is 11.6 Å². The summed E-state index contributed by atoms with van der Waals surface area (Å²) in [5, 5.41) is 14.9. The maximum atomic E-state index is 12.4. The molecule has 0 aromatic heterocycles. The van der Waals surface area contributed by atoms with E-state index in [0.717, 1.165) is 5.56 Å². The third-order valence-corrected chi connectivity index (χ3v) is 3.75. The van der Waals surface area contributed by atoms with Crippen LogP contribution in [-0.2, 0) is 4.79 Å².